The van der Waals surface area contributed by atoms with E-state index in [9.17, 15) is 9.59 Å². The Bertz CT molecular complexity index is 661. The second kappa shape index (κ2) is 6.88. The number of ether oxygens (including phenoxy) is 2. The number of Topliss-reactive ketones (excluding diaryl/α,β-unsaturated/α-hetero) is 1. The minimum absolute atomic E-state index is 0.181. The van der Waals surface area contributed by atoms with Crippen LogP contribution in [-0.4, -0.2) is 25.0 Å². The highest BCUT2D eigenvalue weighted by Gasteiger charge is 2.20. The van der Waals surface area contributed by atoms with Crippen molar-refractivity contribution >= 4 is 22.5 Å². The lowest BCUT2D eigenvalue weighted by atomic mass is 10.0. The Morgan fingerprint density at radius 3 is 2.38 bits per heavy atom. The van der Waals surface area contributed by atoms with E-state index in [1.807, 2.05) is 25.1 Å². The molecule has 0 amide bonds. The SMILES string of the molecule is CCCOc1ccc(C(=O)C(=O)OCC)c2ccccc12. The van der Waals surface area contributed by atoms with E-state index in [-0.39, 0.29) is 6.61 Å². The van der Waals surface area contributed by atoms with Crippen LogP contribution < -0.4 is 4.74 Å². The normalized spacial score (nSPS) is 10.4. The molecule has 0 atom stereocenters. The van der Waals surface area contributed by atoms with E-state index in [4.69, 9.17) is 9.47 Å². The van der Waals surface area contributed by atoms with Crippen molar-refractivity contribution < 1.29 is 19.1 Å². The maximum Gasteiger partial charge on any atom is 0.379 e. The Hall–Kier alpha value is -2.36. The molecule has 2 aromatic carbocycles. The Balaban J connectivity index is 2.47. The number of carbonyl (C=O) groups excluding carboxylic acids is 2. The van der Waals surface area contributed by atoms with Crippen LogP contribution in [0, 0.1) is 0 Å². The first-order valence-corrected chi connectivity index (χ1v) is 7.05. The minimum atomic E-state index is -0.829. The summed E-state index contributed by atoms with van der Waals surface area (Å²) in [7, 11) is 0. The van der Waals surface area contributed by atoms with E-state index in [1.54, 1.807) is 25.1 Å². The molecule has 0 aromatic heterocycles. The van der Waals surface area contributed by atoms with Gasteiger partial charge in [-0.05, 0) is 30.9 Å². The van der Waals surface area contributed by atoms with Crippen molar-refractivity contribution in [3.05, 3.63) is 42.0 Å². The molecule has 0 heterocycles. The van der Waals surface area contributed by atoms with Crippen LogP contribution in [0.2, 0.25) is 0 Å². The number of ketones is 1. The Morgan fingerprint density at radius 1 is 1.00 bits per heavy atom. The van der Waals surface area contributed by atoms with Gasteiger partial charge in [-0.25, -0.2) is 4.79 Å². The summed E-state index contributed by atoms with van der Waals surface area (Å²) < 4.78 is 10.5. The third kappa shape index (κ3) is 3.21. The molecule has 4 heteroatoms. The average Bonchev–Trinajstić information content (AvgIpc) is 2.52. The summed E-state index contributed by atoms with van der Waals surface area (Å²) in [6, 6.07) is 10.7. The molecule has 0 saturated carbocycles. The molecule has 0 unspecified atom stereocenters. The van der Waals surface area contributed by atoms with Gasteiger partial charge in [-0.2, -0.15) is 0 Å². The highest BCUT2D eigenvalue weighted by atomic mass is 16.5. The van der Waals surface area contributed by atoms with E-state index >= 15 is 0 Å². The van der Waals surface area contributed by atoms with Gasteiger partial charge in [-0.1, -0.05) is 31.2 Å². The van der Waals surface area contributed by atoms with Crippen LogP contribution in [0.4, 0.5) is 0 Å². The summed E-state index contributed by atoms with van der Waals surface area (Å²) in [5, 5.41) is 1.52. The monoisotopic (exact) mass is 286 g/mol. The largest absolute Gasteiger partial charge is 0.493 e. The molecular formula is C17H18O4. The number of hydrogen-bond acceptors (Lipinski definition) is 4. The quantitative estimate of drug-likeness (QED) is 0.464. The van der Waals surface area contributed by atoms with Crippen LogP contribution in [-0.2, 0) is 9.53 Å². The maximum absolute atomic E-state index is 12.2. The van der Waals surface area contributed by atoms with Gasteiger partial charge >= 0.3 is 5.97 Å². The van der Waals surface area contributed by atoms with Gasteiger partial charge in [-0.15, -0.1) is 0 Å². The second-order valence-corrected chi connectivity index (χ2v) is 4.55. The molecule has 21 heavy (non-hydrogen) atoms. The molecule has 0 saturated heterocycles. The van der Waals surface area contributed by atoms with Crippen molar-refractivity contribution in [3.8, 4) is 5.75 Å². The predicted octanol–water partition coefficient (Wildman–Crippen LogP) is 3.37. The van der Waals surface area contributed by atoms with E-state index in [0.29, 0.717) is 23.3 Å². The molecule has 0 fully saturated rings. The van der Waals surface area contributed by atoms with Gasteiger partial charge < -0.3 is 9.47 Å². The lowest BCUT2D eigenvalue weighted by Crippen LogP contribution is -2.17. The zero-order chi connectivity index (χ0) is 15.2. The maximum atomic E-state index is 12.2. The van der Waals surface area contributed by atoms with Crippen molar-refractivity contribution in [2.24, 2.45) is 0 Å². The fraction of sp³-hybridized carbons (Fsp3) is 0.294. The molecule has 0 bridgehead atoms. The van der Waals surface area contributed by atoms with Crippen molar-refractivity contribution in [3.63, 3.8) is 0 Å². The van der Waals surface area contributed by atoms with Crippen LogP contribution in [0.15, 0.2) is 36.4 Å². The summed E-state index contributed by atoms with van der Waals surface area (Å²) in [5.41, 5.74) is 0.341. The van der Waals surface area contributed by atoms with Crippen LogP contribution in [0.1, 0.15) is 30.6 Å². The Morgan fingerprint density at radius 2 is 1.71 bits per heavy atom. The molecule has 2 rings (SSSR count). The fourth-order valence-corrected chi connectivity index (χ4v) is 2.11. The first kappa shape index (κ1) is 15.0. The zero-order valence-electron chi connectivity index (χ0n) is 12.2. The number of fused-ring (bicyclic) bond motifs is 1. The first-order chi connectivity index (χ1) is 10.2. The van der Waals surface area contributed by atoms with Crippen LogP contribution >= 0.6 is 0 Å². The van der Waals surface area contributed by atoms with Gasteiger partial charge in [0.05, 0.1) is 13.2 Å². The van der Waals surface area contributed by atoms with E-state index in [1.165, 1.54) is 0 Å². The van der Waals surface area contributed by atoms with Gasteiger partial charge in [0.15, 0.2) is 0 Å². The molecule has 0 spiro atoms. The third-order valence-corrected chi connectivity index (χ3v) is 3.05. The molecule has 110 valence electrons. The molecule has 0 aliphatic rings. The highest BCUT2D eigenvalue weighted by molar-refractivity contribution is 6.43. The van der Waals surface area contributed by atoms with Crippen molar-refractivity contribution in [1.29, 1.82) is 0 Å². The summed E-state index contributed by atoms with van der Waals surface area (Å²) in [6.07, 6.45) is 0.901. The van der Waals surface area contributed by atoms with E-state index < -0.39 is 11.8 Å². The van der Waals surface area contributed by atoms with Crippen LogP contribution in [0.3, 0.4) is 0 Å². The number of esters is 1. The van der Waals surface area contributed by atoms with Crippen molar-refractivity contribution in [1.82, 2.24) is 0 Å². The topological polar surface area (TPSA) is 52.6 Å². The lowest BCUT2D eigenvalue weighted by molar-refractivity contribution is -0.137. The summed E-state index contributed by atoms with van der Waals surface area (Å²) in [4.78, 5) is 23.8. The third-order valence-electron chi connectivity index (χ3n) is 3.05. The Kier molecular flexibility index (Phi) is 4.93. The Labute approximate surface area is 123 Å². The fourth-order valence-electron chi connectivity index (χ4n) is 2.11. The number of rotatable bonds is 6. The molecule has 0 radical (unpaired) electrons. The van der Waals surface area contributed by atoms with Crippen LogP contribution in [0.25, 0.3) is 10.8 Å². The molecular weight excluding hydrogens is 268 g/mol. The van der Waals surface area contributed by atoms with Gasteiger partial charge in [0.2, 0.25) is 0 Å². The van der Waals surface area contributed by atoms with Gasteiger partial charge in [0.25, 0.3) is 5.78 Å². The predicted molar refractivity (Wildman–Crippen MR) is 80.7 cm³/mol. The van der Waals surface area contributed by atoms with Crippen molar-refractivity contribution in [2.75, 3.05) is 13.2 Å². The summed E-state index contributed by atoms with van der Waals surface area (Å²) in [5.74, 6) is -0.743. The summed E-state index contributed by atoms with van der Waals surface area (Å²) in [6.45, 7) is 4.49. The van der Waals surface area contributed by atoms with Gasteiger partial charge in [-0.3, -0.25) is 4.79 Å². The van der Waals surface area contributed by atoms with E-state index in [0.717, 1.165) is 11.8 Å². The number of hydrogen-bond donors (Lipinski definition) is 0. The summed E-state index contributed by atoms with van der Waals surface area (Å²) >= 11 is 0. The smallest absolute Gasteiger partial charge is 0.379 e. The number of benzene rings is 2. The van der Waals surface area contributed by atoms with Crippen molar-refractivity contribution in [2.45, 2.75) is 20.3 Å². The zero-order valence-corrected chi connectivity index (χ0v) is 12.2. The van der Waals surface area contributed by atoms with E-state index in [2.05, 4.69) is 0 Å². The van der Waals surface area contributed by atoms with Gasteiger partial charge in [0.1, 0.15) is 5.75 Å². The first-order valence-electron chi connectivity index (χ1n) is 7.05. The molecule has 0 aliphatic carbocycles. The second-order valence-electron chi connectivity index (χ2n) is 4.55. The highest BCUT2D eigenvalue weighted by Crippen LogP contribution is 2.29. The minimum Gasteiger partial charge on any atom is -0.493 e. The lowest BCUT2D eigenvalue weighted by Gasteiger charge is -2.11. The van der Waals surface area contributed by atoms with Gasteiger partial charge in [0, 0.05) is 10.9 Å². The number of carbonyl (C=O) groups is 2. The van der Waals surface area contributed by atoms with Crippen LogP contribution in [0.5, 0.6) is 5.75 Å². The average molecular weight is 286 g/mol. The molecule has 2 aromatic rings. The molecule has 0 aliphatic heterocycles. The molecule has 0 N–H and O–H groups in total. The molecule has 4 nitrogen and oxygen atoms in total. The standard InChI is InChI=1S/C17H18O4/c1-3-11-21-15-10-9-14(16(18)17(19)20-4-2)12-7-5-6-8-13(12)15/h5-10H,3-4,11H2,1-2H3.